The van der Waals surface area contributed by atoms with Gasteiger partial charge in [-0.1, -0.05) is 5.16 Å². The van der Waals surface area contributed by atoms with Crippen LogP contribution in [-0.4, -0.2) is 140 Å². The number of morpholine rings is 2. The molecule has 19 nitrogen and oxygen atoms in total. The van der Waals surface area contributed by atoms with Crippen molar-refractivity contribution in [3.05, 3.63) is 109 Å². The number of aromatic nitrogens is 8. The van der Waals surface area contributed by atoms with Gasteiger partial charge in [0.2, 0.25) is 0 Å². The lowest BCUT2D eigenvalue weighted by Gasteiger charge is -2.28. The molecule has 10 rings (SSSR count). The summed E-state index contributed by atoms with van der Waals surface area (Å²) in [7, 11) is 0. The van der Waals surface area contributed by atoms with Crippen molar-refractivity contribution < 1.29 is 34.2 Å². The Morgan fingerprint density at radius 1 is 0.672 bits per heavy atom. The van der Waals surface area contributed by atoms with Crippen LogP contribution in [0, 0.1) is 0 Å². The fourth-order valence-corrected chi connectivity index (χ4v) is 8.83. The Labute approximate surface area is 393 Å². The summed E-state index contributed by atoms with van der Waals surface area (Å²) >= 11 is 3.06. The molecule has 0 unspecified atom stereocenters. The lowest BCUT2D eigenvalue weighted by atomic mass is 10.2. The Bertz CT molecular complexity index is 2970. The van der Waals surface area contributed by atoms with Gasteiger partial charge in [-0.25, -0.2) is 5.90 Å². The third-order valence-corrected chi connectivity index (χ3v) is 12.5. The van der Waals surface area contributed by atoms with E-state index in [1.807, 2.05) is 70.7 Å². The number of oxime groups is 1. The van der Waals surface area contributed by atoms with Crippen LogP contribution in [0.3, 0.4) is 0 Å². The van der Waals surface area contributed by atoms with Gasteiger partial charge in [-0.15, -0.1) is 20.4 Å². The minimum Gasteiger partial charge on any atom is -0.394 e. The quantitative estimate of drug-likeness (QED) is 0.0574. The maximum Gasteiger partial charge on any atom is 0.200 e. The van der Waals surface area contributed by atoms with Gasteiger partial charge in [-0.05, 0) is 110 Å². The Kier molecular flexibility index (Phi) is 16.2. The molecule has 2 saturated heterocycles. The van der Waals surface area contributed by atoms with E-state index >= 15 is 0 Å². The van der Waals surface area contributed by atoms with Gasteiger partial charge < -0.3 is 39.2 Å². The number of ether oxygens (including phenoxy) is 2. The fourth-order valence-electron chi connectivity index (χ4n) is 7.11. The molecular formula is C46H50N12O7S2. The second-order valence-corrected chi connectivity index (χ2v) is 17.2. The van der Waals surface area contributed by atoms with Crippen LogP contribution in [0.5, 0.6) is 0 Å². The fraction of sp³-hybridized carbons (Fsp3) is 0.304. The zero-order valence-corrected chi connectivity index (χ0v) is 38.6. The van der Waals surface area contributed by atoms with Crippen LogP contribution in [0.4, 0.5) is 11.4 Å². The Balaban J connectivity index is 0.000000166. The smallest absolute Gasteiger partial charge is 0.200 e. The monoisotopic (exact) mass is 946 g/mol. The Hall–Kier alpha value is -6.30. The summed E-state index contributed by atoms with van der Waals surface area (Å²) in [6.45, 7) is 10.2. The van der Waals surface area contributed by atoms with Crippen LogP contribution < -0.4 is 15.7 Å². The van der Waals surface area contributed by atoms with Gasteiger partial charge in [-0.3, -0.25) is 23.6 Å². The summed E-state index contributed by atoms with van der Waals surface area (Å²) in [5.41, 5.74) is 7.85. The number of carbonyl (C=O) groups excluding carboxylic acids is 1. The molecular weight excluding hydrogens is 897 g/mol. The number of hydrogen-bond donors (Lipinski definition) is 3. The molecule has 8 heterocycles. The summed E-state index contributed by atoms with van der Waals surface area (Å²) in [5, 5.41) is 41.6. The number of nitrogens with two attached hydrogens (primary N) is 1. The lowest BCUT2D eigenvalue weighted by Crippen LogP contribution is -2.36. The lowest BCUT2D eigenvalue weighted by molar-refractivity contribution is 0.0938. The molecule has 2 aliphatic rings. The van der Waals surface area contributed by atoms with E-state index in [-0.39, 0.29) is 32.2 Å². The SMILES string of the molecule is C/C(=N\OCCO)c1ccc2nnc(Sc3ccc4ncc(N5CCOCC5)cc4c3)n2c1.CC(=O)c1ccc2nnc(Sc3ccc4ncc(N5CCOCC5)cc4c3)n2c1.NOCCO. The average molecular weight is 947 g/mol. The van der Waals surface area contributed by atoms with E-state index < -0.39 is 0 Å². The largest absolute Gasteiger partial charge is 0.394 e. The normalized spacial score (nSPS) is 14.3. The predicted octanol–water partition coefficient (Wildman–Crippen LogP) is 5.34. The first kappa shape index (κ1) is 47.2. The number of nitrogens with zero attached hydrogens (tertiary/aromatic N) is 11. The summed E-state index contributed by atoms with van der Waals surface area (Å²) < 4.78 is 14.7. The van der Waals surface area contributed by atoms with Gasteiger partial charge in [0.15, 0.2) is 27.4 Å². The van der Waals surface area contributed by atoms with Gasteiger partial charge in [0.05, 0.1) is 86.8 Å². The molecule has 21 heteroatoms. The first-order chi connectivity index (χ1) is 32.8. The Morgan fingerprint density at radius 3 is 1.63 bits per heavy atom. The molecule has 0 aliphatic carbocycles. The molecule has 4 N–H and O–H groups in total. The minimum atomic E-state index is -0.0722. The summed E-state index contributed by atoms with van der Waals surface area (Å²) in [6, 6.07) is 24.2. The van der Waals surface area contributed by atoms with Gasteiger partial charge >= 0.3 is 0 Å². The molecule has 0 bridgehead atoms. The molecule has 2 fully saturated rings. The van der Waals surface area contributed by atoms with E-state index in [1.165, 1.54) is 11.8 Å². The summed E-state index contributed by atoms with van der Waals surface area (Å²) in [6.07, 6.45) is 7.59. The van der Waals surface area contributed by atoms with Crippen LogP contribution in [0.15, 0.2) is 123 Å². The molecule has 348 valence electrons. The standard InChI is InChI=1S/C23H24N6O3S.C21H19N5O2S.C2H7NO2/c1-16(27-32-11-8-30)17-2-5-22-25-26-23(29(22)15-17)33-20-3-4-21-18(13-20)12-19(14-24-21)28-6-9-31-10-7-28;1-14(27)15-2-5-20-23-24-21(26(20)13-15)29-18-3-4-19-16(11-18)10-17(12-22-19)25-6-8-28-9-7-25;3-5-2-1-4/h2-5,12-15,30H,6-11H2,1H3;2-5,10-13H,6-9H2,1H3;4H,1-3H2/b27-16+;;. The predicted molar refractivity (Wildman–Crippen MR) is 256 cm³/mol. The molecule has 2 aliphatic heterocycles. The number of aliphatic hydroxyl groups is 2. The maximum absolute atomic E-state index is 11.7. The number of Topliss-reactive ketones (excluding diaryl/α,β-unsaturated/α-hetero) is 1. The highest BCUT2D eigenvalue weighted by Crippen LogP contribution is 2.32. The highest BCUT2D eigenvalue weighted by Gasteiger charge is 2.16. The van der Waals surface area contributed by atoms with E-state index in [2.05, 4.69) is 86.4 Å². The van der Waals surface area contributed by atoms with Gasteiger partial charge in [0.25, 0.3) is 0 Å². The molecule has 0 amide bonds. The van der Waals surface area contributed by atoms with Crippen molar-refractivity contribution in [2.24, 2.45) is 11.1 Å². The molecule has 0 spiro atoms. The molecule has 2 aromatic carbocycles. The number of ketones is 1. The molecule has 67 heavy (non-hydrogen) atoms. The van der Waals surface area contributed by atoms with Gasteiger partial charge in [-0.2, -0.15) is 0 Å². The number of benzene rings is 2. The molecule has 0 saturated carbocycles. The van der Waals surface area contributed by atoms with E-state index in [1.54, 1.807) is 30.9 Å². The van der Waals surface area contributed by atoms with Crippen LogP contribution in [-0.2, 0) is 19.1 Å². The first-order valence-corrected chi connectivity index (χ1v) is 23.1. The third-order valence-electron chi connectivity index (χ3n) is 10.6. The molecule has 6 aromatic heterocycles. The van der Waals surface area contributed by atoms with Crippen LogP contribution in [0.25, 0.3) is 33.1 Å². The highest BCUT2D eigenvalue weighted by atomic mass is 32.2. The molecule has 8 aromatic rings. The Morgan fingerprint density at radius 2 is 1.16 bits per heavy atom. The number of rotatable bonds is 13. The first-order valence-electron chi connectivity index (χ1n) is 21.5. The van der Waals surface area contributed by atoms with Crippen molar-refractivity contribution in [3.63, 3.8) is 0 Å². The number of anilines is 2. The molecule has 0 radical (unpaired) electrons. The highest BCUT2D eigenvalue weighted by molar-refractivity contribution is 7.99. The van der Waals surface area contributed by atoms with E-state index in [0.29, 0.717) is 11.3 Å². The second kappa shape index (κ2) is 22.9. The van der Waals surface area contributed by atoms with E-state index in [0.717, 1.165) is 123 Å². The van der Waals surface area contributed by atoms with E-state index in [9.17, 15) is 4.79 Å². The van der Waals surface area contributed by atoms with Gasteiger partial charge in [0.1, 0.15) is 6.61 Å². The summed E-state index contributed by atoms with van der Waals surface area (Å²) in [4.78, 5) is 36.7. The number of carbonyl (C=O) groups is 1. The molecule has 0 atom stereocenters. The number of aliphatic hydroxyl groups excluding tert-OH is 2. The van der Waals surface area contributed by atoms with Crippen molar-refractivity contribution in [1.82, 2.24) is 39.2 Å². The van der Waals surface area contributed by atoms with Crippen molar-refractivity contribution in [3.8, 4) is 0 Å². The van der Waals surface area contributed by atoms with Crippen LogP contribution in [0.1, 0.15) is 29.8 Å². The van der Waals surface area contributed by atoms with Crippen molar-refractivity contribution >= 4 is 79.5 Å². The number of fused-ring (bicyclic) bond motifs is 4. The average Bonchev–Trinajstić information content (AvgIpc) is 3.97. The second-order valence-electron chi connectivity index (χ2n) is 15.1. The van der Waals surface area contributed by atoms with Crippen molar-refractivity contribution in [1.29, 1.82) is 0 Å². The third kappa shape index (κ3) is 12.0. The summed E-state index contributed by atoms with van der Waals surface area (Å²) in [5.74, 6) is 4.50. The topological polar surface area (TPSA) is 225 Å². The number of hydrogen-bond acceptors (Lipinski definition) is 19. The van der Waals surface area contributed by atoms with Crippen LogP contribution >= 0.6 is 23.5 Å². The number of pyridine rings is 4. The van der Waals surface area contributed by atoms with Crippen molar-refractivity contribution in [2.75, 3.05) is 88.8 Å². The maximum atomic E-state index is 11.7. The zero-order valence-electron chi connectivity index (χ0n) is 37.0. The minimum absolute atomic E-state index is 0.00347. The zero-order chi connectivity index (χ0) is 46.5. The van der Waals surface area contributed by atoms with Crippen LogP contribution in [0.2, 0.25) is 0 Å². The van der Waals surface area contributed by atoms with Gasteiger partial charge in [0, 0.05) is 70.3 Å². The van der Waals surface area contributed by atoms with Crippen molar-refractivity contribution in [2.45, 2.75) is 34.0 Å². The van der Waals surface area contributed by atoms with E-state index in [4.69, 9.17) is 24.5 Å².